The maximum absolute atomic E-state index is 12.4. The van der Waals surface area contributed by atoms with Crippen molar-refractivity contribution in [3.63, 3.8) is 0 Å². The van der Waals surface area contributed by atoms with E-state index < -0.39 is 10.0 Å². The predicted molar refractivity (Wildman–Crippen MR) is 86.0 cm³/mol. The minimum Gasteiger partial charge on any atom is -0.493 e. The molecule has 122 valence electrons. The van der Waals surface area contributed by atoms with Gasteiger partial charge in [0.1, 0.15) is 17.4 Å². The molecule has 0 radical (unpaired) electrons. The van der Waals surface area contributed by atoms with Crippen LogP contribution in [0.4, 0.5) is 5.82 Å². The van der Waals surface area contributed by atoms with Crippen LogP contribution in [-0.4, -0.2) is 39.1 Å². The normalized spacial score (nSPS) is 13.5. The van der Waals surface area contributed by atoms with Gasteiger partial charge >= 0.3 is 0 Å². The van der Waals surface area contributed by atoms with E-state index in [0.717, 1.165) is 23.6 Å². The van der Waals surface area contributed by atoms with E-state index in [2.05, 4.69) is 14.7 Å². The molecule has 0 saturated carbocycles. The maximum atomic E-state index is 12.4. The van der Waals surface area contributed by atoms with Crippen LogP contribution in [0.5, 0.6) is 5.75 Å². The molecule has 1 aliphatic heterocycles. The minimum absolute atomic E-state index is 0.0393. The predicted octanol–water partition coefficient (Wildman–Crippen LogP) is 0.956. The van der Waals surface area contributed by atoms with Crippen molar-refractivity contribution in [1.29, 1.82) is 0 Å². The molecule has 0 aliphatic carbocycles. The summed E-state index contributed by atoms with van der Waals surface area (Å²) in [6.45, 7) is 0.634. The first-order valence-electron chi connectivity index (χ1n) is 7.20. The lowest BCUT2D eigenvalue weighted by atomic mass is 10.2. The van der Waals surface area contributed by atoms with E-state index in [-0.39, 0.29) is 11.4 Å². The van der Waals surface area contributed by atoms with Crippen molar-refractivity contribution in [1.82, 2.24) is 14.7 Å². The number of hydrogen-bond donors (Lipinski definition) is 1. The molecule has 0 amide bonds. The Kier molecular flexibility index (Phi) is 4.18. The molecule has 0 unspecified atom stereocenters. The lowest BCUT2D eigenvalue weighted by Crippen LogP contribution is -2.25. The summed E-state index contributed by atoms with van der Waals surface area (Å²) in [6, 6.07) is 6.66. The fourth-order valence-corrected chi connectivity index (χ4v) is 3.33. The van der Waals surface area contributed by atoms with Crippen LogP contribution >= 0.6 is 0 Å². The maximum Gasteiger partial charge on any atom is 0.240 e. The van der Waals surface area contributed by atoms with Crippen molar-refractivity contribution < 1.29 is 13.2 Å². The van der Waals surface area contributed by atoms with Crippen LogP contribution in [0, 0.1) is 0 Å². The van der Waals surface area contributed by atoms with Gasteiger partial charge in [-0.25, -0.2) is 23.1 Å². The topological polar surface area (TPSA) is 84.4 Å². The molecule has 3 rings (SSSR count). The second-order valence-corrected chi connectivity index (χ2v) is 7.18. The molecule has 7 nitrogen and oxygen atoms in total. The van der Waals surface area contributed by atoms with Gasteiger partial charge in [0.2, 0.25) is 10.0 Å². The van der Waals surface area contributed by atoms with E-state index in [9.17, 15) is 8.42 Å². The monoisotopic (exact) mass is 334 g/mol. The molecule has 23 heavy (non-hydrogen) atoms. The number of nitrogens with zero attached hydrogens (tertiary/aromatic N) is 3. The molecule has 1 N–H and O–H groups in total. The molecular weight excluding hydrogens is 316 g/mol. The Balaban J connectivity index is 1.75. The molecule has 2 aromatic rings. The van der Waals surface area contributed by atoms with Gasteiger partial charge in [-0.05, 0) is 29.8 Å². The van der Waals surface area contributed by atoms with E-state index in [1.165, 1.54) is 0 Å². The Morgan fingerprint density at radius 2 is 2.13 bits per heavy atom. The molecule has 1 aromatic carbocycles. The van der Waals surface area contributed by atoms with E-state index in [1.807, 2.05) is 19.0 Å². The van der Waals surface area contributed by atoms with Crippen LogP contribution in [-0.2, 0) is 23.0 Å². The first-order chi connectivity index (χ1) is 11.0. The Morgan fingerprint density at radius 3 is 2.91 bits per heavy atom. The summed E-state index contributed by atoms with van der Waals surface area (Å²) < 4.78 is 32.7. The van der Waals surface area contributed by atoms with Gasteiger partial charge in [0.15, 0.2) is 0 Å². The number of benzene rings is 1. The molecule has 0 fully saturated rings. The number of fused-ring (bicyclic) bond motifs is 1. The van der Waals surface area contributed by atoms with Crippen molar-refractivity contribution in [2.45, 2.75) is 17.9 Å². The number of hydrogen-bond acceptors (Lipinski definition) is 6. The van der Waals surface area contributed by atoms with Crippen molar-refractivity contribution in [2.24, 2.45) is 0 Å². The van der Waals surface area contributed by atoms with Crippen LogP contribution in [0.3, 0.4) is 0 Å². The molecule has 8 heteroatoms. The van der Waals surface area contributed by atoms with Gasteiger partial charge in [-0.2, -0.15) is 0 Å². The van der Waals surface area contributed by atoms with Gasteiger partial charge < -0.3 is 9.64 Å². The highest BCUT2D eigenvalue weighted by Gasteiger charge is 2.19. The lowest BCUT2D eigenvalue weighted by molar-refractivity contribution is 0.356. The van der Waals surface area contributed by atoms with Crippen LogP contribution in [0.1, 0.15) is 11.4 Å². The van der Waals surface area contributed by atoms with E-state index in [4.69, 9.17) is 4.74 Å². The average Bonchev–Trinajstić information content (AvgIpc) is 3.01. The minimum atomic E-state index is -3.61. The Hall–Kier alpha value is -2.19. The average molecular weight is 334 g/mol. The largest absolute Gasteiger partial charge is 0.493 e. The van der Waals surface area contributed by atoms with Crippen molar-refractivity contribution in [3.05, 3.63) is 41.9 Å². The quantitative estimate of drug-likeness (QED) is 0.877. The summed E-state index contributed by atoms with van der Waals surface area (Å²) >= 11 is 0. The van der Waals surface area contributed by atoms with Crippen molar-refractivity contribution in [2.75, 3.05) is 25.6 Å². The molecule has 0 saturated heterocycles. The number of rotatable bonds is 5. The number of nitrogens with one attached hydrogen (secondary N) is 1. The summed E-state index contributed by atoms with van der Waals surface area (Å²) in [5.74, 6) is 1.90. The Bertz CT molecular complexity index is 821. The number of aromatic nitrogens is 2. The van der Waals surface area contributed by atoms with E-state index in [0.29, 0.717) is 12.4 Å². The molecule has 2 heterocycles. The fourth-order valence-electron chi connectivity index (χ4n) is 2.30. The van der Waals surface area contributed by atoms with Gasteiger partial charge in [-0.3, -0.25) is 0 Å². The standard InChI is InChI=1S/C15H18N4O3S/c1-19(2)15-5-7-16-14(18-15)10-17-23(20,21)12-3-4-13-11(9-12)6-8-22-13/h3-5,7,9,17H,6,8,10H2,1-2H3. The molecule has 1 aliphatic rings. The highest BCUT2D eigenvalue weighted by molar-refractivity contribution is 7.89. The number of anilines is 1. The summed E-state index contributed by atoms with van der Waals surface area (Å²) in [4.78, 5) is 10.4. The number of sulfonamides is 1. The van der Waals surface area contributed by atoms with Gasteiger partial charge in [0.05, 0.1) is 18.0 Å². The molecule has 0 spiro atoms. The second kappa shape index (κ2) is 6.13. The third kappa shape index (κ3) is 3.43. The van der Waals surface area contributed by atoms with Crippen LogP contribution in [0.25, 0.3) is 0 Å². The van der Waals surface area contributed by atoms with Crippen LogP contribution in [0.2, 0.25) is 0 Å². The summed E-state index contributed by atoms with van der Waals surface area (Å²) in [5, 5.41) is 0. The Labute approximate surface area is 135 Å². The highest BCUT2D eigenvalue weighted by atomic mass is 32.2. The number of ether oxygens (including phenoxy) is 1. The van der Waals surface area contributed by atoms with Crippen LogP contribution in [0.15, 0.2) is 35.4 Å². The third-order valence-electron chi connectivity index (χ3n) is 3.54. The SMILES string of the molecule is CN(C)c1ccnc(CNS(=O)(=O)c2ccc3c(c2)CCO3)n1. The molecule has 0 bridgehead atoms. The van der Waals surface area contributed by atoms with Crippen molar-refractivity contribution >= 4 is 15.8 Å². The first kappa shape index (κ1) is 15.7. The van der Waals surface area contributed by atoms with E-state index in [1.54, 1.807) is 30.5 Å². The smallest absolute Gasteiger partial charge is 0.240 e. The Morgan fingerprint density at radius 1 is 1.30 bits per heavy atom. The summed E-state index contributed by atoms with van der Waals surface area (Å²) in [5.41, 5.74) is 0.915. The molecule has 1 aromatic heterocycles. The van der Waals surface area contributed by atoms with E-state index >= 15 is 0 Å². The second-order valence-electron chi connectivity index (χ2n) is 5.42. The summed E-state index contributed by atoms with van der Waals surface area (Å²) in [6.07, 6.45) is 2.34. The third-order valence-corrected chi connectivity index (χ3v) is 4.94. The van der Waals surface area contributed by atoms with Gasteiger partial charge in [0.25, 0.3) is 0 Å². The molecule has 0 atom stereocenters. The summed E-state index contributed by atoms with van der Waals surface area (Å²) in [7, 11) is 0.116. The van der Waals surface area contributed by atoms with Gasteiger partial charge in [-0.15, -0.1) is 0 Å². The fraction of sp³-hybridized carbons (Fsp3) is 0.333. The zero-order chi connectivity index (χ0) is 16.4. The zero-order valence-corrected chi connectivity index (χ0v) is 13.8. The highest BCUT2D eigenvalue weighted by Crippen LogP contribution is 2.27. The zero-order valence-electron chi connectivity index (χ0n) is 13.0. The van der Waals surface area contributed by atoms with Gasteiger partial charge in [0, 0.05) is 26.7 Å². The lowest BCUT2D eigenvalue weighted by Gasteiger charge is -2.12. The van der Waals surface area contributed by atoms with Gasteiger partial charge in [-0.1, -0.05) is 0 Å². The first-order valence-corrected chi connectivity index (χ1v) is 8.69. The van der Waals surface area contributed by atoms with Crippen LogP contribution < -0.4 is 14.4 Å². The van der Waals surface area contributed by atoms with Crippen molar-refractivity contribution in [3.8, 4) is 5.75 Å². The molecular formula is C15H18N4O3S.